The summed E-state index contributed by atoms with van der Waals surface area (Å²) in [6, 6.07) is 22.6. The Morgan fingerprint density at radius 1 is 0.886 bits per heavy atom. The van der Waals surface area contributed by atoms with Gasteiger partial charge in [-0.15, -0.1) is 0 Å². The first-order valence-corrected chi connectivity index (χ1v) is 13.3. The van der Waals surface area contributed by atoms with E-state index in [1.807, 2.05) is 73.3 Å². The standard InChI is InChI=1S/C27H23ClN4O2S/c1-18-17-31(19(2)30-18)26-12-7-21(20-5-4-6-24(15-20)35(3,33)34)16-25(26)27-13-14-29-32(27)23-10-8-22(28)9-11-23/h4-17H,1-3H3. The van der Waals surface area contributed by atoms with Crippen molar-refractivity contribution in [2.24, 2.45) is 0 Å². The Balaban J connectivity index is 1.74. The van der Waals surface area contributed by atoms with Crippen molar-refractivity contribution in [3.05, 3.63) is 102 Å². The highest BCUT2D eigenvalue weighted by Crippen LogP contribution is 2.34. The normalized spacial score (nSPS) is 11.7. The van der Waals surface area contributed by atoms with Crippen LogP contribution in [-0.4, -0.2) is 34.0 Å². The molecule has 0 unspecified atom stereocenters. The molecule has 0 aliphatic carbocycles. The van der Waals surface area contributed by atoms with E-state index in [2.05, 4.69) is 20.7 Å². The zero-order chi connectivity index (χ0) is 24.7. The van der Waals surface area contributed by atoms with Gasteiger partial charge in [0.25, 0.3) is 0 Å². The molecule has 0 saturated carbocycles. The molecule has 0 N–H and O–H groups in total. The molecule has 35 heavy (non-hydrogen) atoms. The Bertz CT molecular complexity index is 1650. The molecule has 3 aromatic carbocycles. The maximum absolute atomic E-state index is 12.1. The molecule has 176 valence electrons. The van der Waals surface area contributed by atoms with Crippen molar-refractivity contribution in [3.8, 4) is 33.8 Å². The van der Waals surface area contributed by atoms with Crippen molar-refractivity contribution < 1.29 is 8.42 Å². The van der Waals surface area contributed by atoms with E-state index in [9.17, 15) is 8.42 Å². The van der Waals surface area contributed by atoms with Gasteiger partial charge in [0.2, 0.25) is 0 Å². The van der Waals surface area contributed by atoms with E-state index in [-0.39, 0.29) is 4.90 Å². The third-order valence-electron chi connectivity index (χ3n) is 5.84. The second-order valence-corrected chi connectivity index (χ2v) is 10.9. The molecule has 0 amide bonds. The molecule has 8 heteroatoms. The van der Waals surface area contributed by atoms with Crippen LogP contribution in [0.5, 0.6) is 0 Å². The molecule has 5 aromatic rings. The van der Waals surface area contributed by atoms with E-state index in [0.717, 1.165) is 45.3 Å². The average Bonchev–Trinajstić information content (AvgIpc) is 3.45. The number of halogens is 1. The van der Waals surface area contributed by atoms with Crippen LogP contribution >= 0.6 is 11.6 Å². The van der Waals surface area contributed by atoms with Crippen molar-refractivity contribution in [1.82, 2.24) is 19.3 Å². The minimum Gasteiger partial charge on any atom is -0.303 e. The number of aromatic nitrogens is 4. The topological polar surface area (TPSA) is 69.8 Å². The highest BCUT2D eigenvalue weighted by atomic mass is 35.5. The van der Waals surface area contributed by atoms with Gasteiger partial charge >= 0.3 is 0 Å². The van der Waals surface area contributed by atoms with Crippen LogP contribution in [0.25, 0.3) is 33.8 Å². The molecule has 2 aromatic heterocycles. The molecule has 6 nitrogen and oxygen atoms in total. The lowest BCUT2D eigenvalue weighted by molar-refractivity contribution is 0.602. The Morgan fingerprint density at radius 3 is 2.31 bits per heavy atom. The molecule has 0 aliphatic heterocycles. The summed E-state index contributed by atoms with van der Waals surface area (Å²) in [7, 11) is -3.32. The lowest BCUT2D eigenvalue weighted by atomic mass is 9.99. The quantitative estimate of drug-likeness (QED) is 0.292. The van der Waals surface area contributed by atoms with E-state index in [1.165, 1.54) is 6.26 Å². The van der Waals surface area contributed by atoms with Gasteiger partial charge < -0.3 is 4.57 Å². The van der Waals surface area contributed by atoms with Crippen LogP contribution in [0.3, 0.4) is 0 Å². The lowest BCUT2D eigenvalue weighted by Gasteiger charge is -2.16. The molecular formula is C27H23ClN4O2S. The molecule has 5 rings (SSSR count). The number of hydrogen-bond acceptors (Lipinski definition) is 4. The maximum atomic E-state index is 12.1. The first-order valence-electron chi connectivity index (χ1n) is 11.0. The molecule has 0 bridgehead atoms. The third kappa shape index (κ3) is 4.52. The van der Waals surface area contributed by atoms with Crippen LogP contribution in [0.1, 0.15) is 11.5 Å². The summed E-state index contributed by atoms with van der Waals surface area (Å²) in [6.07, 6.45) is 4.98. The van der Waals surface area contributed by atoms with Gasteiger partial charge in [-0.1, -0.05) is 29.8 Å². The van der Waals surface area contributed by atoms with Crippen LogP contribution in [0.2, 0.25) is 5.02 Å². The fourth-order valence-corrected chi connectivity index (χ4v) is 4.99. The second-order valence-electron chi connectivity index (χ2n) is 8.44. The summed E-state index contributed by atoms with van der Waals surface area (Å²) in [5.41, 5.74) is 6.27. The van der Waals surface area contributed by atoms with E-state index in [0.29, 0.717) is 5.02 Å². The summed E-state index contributed by atoms with van der Waals surface area (Å²) in [5.74, 6) is 0.869. The van der Waals surface area contributed by atoms with E-state index < -0.39 is 9.84 Å². The Hall–Kier alpha value is -3.68. The van der Waals surface area contributed by atoms with Crippen LogP contribution in [0.15, 0.2) is 90.1 Å². The molecule has 0 spiro atoms. The van der Waals surface area contributed by atoms with Crippen LogP contribution in [-0.2, 0) is 9.84 Å². The zero-order valence-corrected chi connectivity index (χ0v) is 21.0. The van der Waals surface area contributed by atoms with Crippen molar-refractivity contribution in [2.45, 2.75) is 18.7 Å². The molecule has 2 heterocycles. The number of aryl methyl sites for hydroxylation is 2. The predicted octanol–water partition coefficient (Wildman–Crippen LogP) is 6.07. The molecule has 0 atom stereocenters. The van der Waals surface area contributed by atoms with Gasteiger partial charge in [0.05, 0.1) is 33.9 Å². The largest absolute Gasteiger partial charge is 0.303 e. The number of sulfone groups is 1. The fraction of sp³-hybridized carbons (Fsp3) is 0.111. The van der Waals surface area contributed by atoms with Crippen molar-refractivity contribution in [3.63, 3.8) is 0 Å². The highest BCUT2D eigenvalue weighted by Gasteiger charge is 2.17. The van der Waals surface area contributed by atoms with Gasteiger partial charge in [-0.3, -0.25) is 0 Å². The zero-order valence-electron chi connectivity index (χ0n) is 19.5. The first-order chi connectivity index (χ1) is 16.7. The van der Waals surface area contributed by atoms with E-state index in [1.54, 1.807) is 24.4 Å². The predicted molar refractivity (Wildman–Crippen MR) is 139 cm³/mol. The molecule has 0 fully saturated rings. The van der Waals surface area contributed by atoms with Gasteiger partial charge in [0.1, 0.15) is 5.82 Å². The molecule has 0 radical (unpaired) electrons. The highest BCUT2D eigenvalue weighted by molar-refractivity contribution is 7.90. The van der Waals surface area contributed by atoms with Gasteiger partial charge in [0, 0.05) is 23.0 Å². The maximum Gasteiger partial charge on any atom is 0.175 e. The van der Waals surface area contributed by atoms with Gasteiger partial charge in [-0.2, -0.15) is 5.10 Å². The summed E-state index contributed by atoms with van der Waals surface area (Å²) in [4.78, 5) is 4.86. The van der Waals surface area contributed by atoms with Crippen molar-refractivity contribution in [2.75, 3.05) is 6.26 Å². The number of rotatable bonds is 5. The Morgan fingerprint density at radius 2 is 1.63 bits per heavy atom. The summed E-state index contributed by atoms with van der Waals surface area (Å²) < 4.78 is 28.2. The van der Waals surface area contributed by atoms with Gasteiger partial charge in [0.15, 0.2) is 9.84 Å². The Kier molecular flexibility index (Phi) is 5.83. The summed E-state index contributed by atoms with van der Waals surface area (Å²) in [5, 5.41) is 5.23. The Labute approximate surface area is 209 Å². The number of imidazole rings is 1. The van der Waals surface area contributed by atoms with E-state index >= 15 is 0 Å². The average molecular weight is 503 g/mol. The SMILES string of the molecule is Cc1cn(-c2ccc(-c3cccc(S(C)(=O)=O)c3)cc2-c2ccnn2-c2ccc(Cl)cc2)c(C)n1. The molecule has 0 saturated heterocycles. The number of benzene rings is 3. The van der Waals surface area contributed by atoms with Crippen molar-refractivity contribution in [1.29, 1.82) is 0 Å². The molecular weight excluding hydrogens is 480 g/mol. The first kappa shape index (κ1) is 23.1. The summed E-state index contributed by atoms with van der Waals surface area (Å²) >= 11 is 6.11. The van der Waals surface area contributed by atoms with Gasteiger partial charge in [-0.05, 0) is 79.6 Å². The minimum absolute atomic E-state index is 0.285. The third-order valence-corrected chi connectivity index (χ3v) is 7.21. The number of hydrogen-bond donors (Lipinski definition) is 0. The van der Waals surface area contributed by atoms with Crippen LogP contribution in [0, 0.1) is 13.8 Å². The summed E-state index contributed by atoms with van der Waals surface area (Å²) in [6.45, 7) is 3.93. The van der Waals surface area contributed by atoms with E-state index in [4.69, 9.17) is 11.6 Å². The van der Waals surface area contributed by atoms with Crippen molar-refractivity contribution >= 4 is 21.4 Å². The number of nitrogens with zero attached hydrogens (tertiary/aromatic N) is 4. The van der Waals surface area contributed by atoms with Crippen LogP contribution in [0.4, 0.5) is 0 Å². The van der Waals surface area contributed by atoms with Crippen LogP contribution < -0.4 is 0 Å². The second kappa shape index (κ2) is 8.83. The minimum atomic E-state index is -3.32. The van der Waals surface area contributed by atoms with Gasteiger partial charge in [-0.25, -0.2) is 18.1 Å². The fourth-order valence-electron chi connectivity index (χ4n) is 4.19. The monoisotopic (exact) mass is 502 g/mol. The lowest BCUT2D eigenvalue weighted by Crippen LogP contribution is -2.04. The molecule has 0 aliphatic rings. The smallest absolute Gasteiger partial charge is 0.175 e.